The maximum absolute atomic E-state index is 5.37. The molecule has 0 aromatic carbocycles. The molecule has 1 fully saturated rings. The lowest BCUT2D eigenvalue weighted by atomic mass is 10.0. The van der Waals surface area contributed by atoms with Crippen molar-refractivity contribution < 1.29 is 0 Å². The van der Waals surface area contributed by atoms with Crippen LogP contribution in [0, 0.1) is 5.92 Å². The van der Waals surface area contributed by atoms with E-state index in [-0.39, 0.29) is 0 Å². The summed E-state index contributed by atoms with van der Waals surface area (Å²) in [6, 6.07) is 0. The molecule has 1 aliphatic rings. The third kappa shape index (κ3) is 2.60. The van der Waals surface area contributed by atoms with Gasteiger partial charge >= 0.3 is 0 Å². The van der Waals surface area contributed by atoms with Crippen LogP contribution in [0.1, 0.15) is 32.1 Å². The summed E-state index contributed by atoms with van der Waals surface area (Å²) in [7, 11) is 0. The number of aromatic nitrogens is 4. The predicted octanol–water partition coefficient (Wildman–Crippen LogP) is 1.63. The molecule has 0 amide bonds. The highest BCUT2D eigenvalue weighted by Gasteiger charge is 2.15. The minimum atomic E-state index is 0.389. The molecule has 0 radical (unpaired) electrons. The van der Waals surface area contributed by atoms with E-state index in [1.165, 1.54) is 32.1 Å². The molecule has 7 nitrogen and oxygen atoms in total. The van der Waals surface area contributed by atoms with Crippen molar-refractivity contribution in [3.8, 4) is 0 Å². The highest BCUT2D eigenvalue weighted by molar-refractivity contribution is 5.86. The quantitative estimate of drug-likeness (QED) is 0.481. The Labute approximate surface area is 111 Å². The van der Waals surface area contributed by atoms with Crippen molar-refractivity contribution in [2.75, 3.05) is 17.3 Å². The minimum absolute atomic E-state index is 0.389. The zero-order valence-electron chi connectivity index (χ0n) is 10.8. The monoisotopic (exact) mass is 261 g/mol. The summed E-state index contributed by atoms with van der Waals surface area (Å²) in [5.41, 5.74) is 3.16. The fourth-order valence-corrected chi connectivity index (χ4v) is 2.73. The Kier molecular flexibility index (Phi) is 3.45. The molecular weight excluding hydrogens is 242 g/mol. The first kappa shape index (κ1) is 12.2. The maximum atomic E-state index is 5.37. The minimum Gasteiger partial charge on any atom is -0.369 e. The molecule has 0 bridgehead atoms. The molecule has 0 saturated heterocycles. The third-order valence-electron chi connectivity index (χ3n) is 3.76. The fraction of sp³-hybridized carbons (Fsp3) is 0.583. The second-order valence-electron chi connectivity index (χ2n) is 5.04. The molecule has 102 valence electrons. The average Bonchev–Trinajstić information content (AvgIpc) is 3.08. The van der Waals surface area contributed by atoms with Crippen molar-refractivity contribution in [1.82, 2.24) is 20.2 Å². The molecular formula is C12H19N7. The van der Waals surface area contributed by atoms with Crippen molar-refractivity contribution in [3.05, 3.63) is 6.20 Å². The van der Waals surface area contributed by atoms with E-state index in [4.69, 9.17) is 5.84 Å². The molecule has 0 atom stereocenters. The highest BCUT2D eigenvalue weighted by Crippen LogP contribution is 2.27. The number of hydrogen-bond donors (Lipinski definition) is 4. The van der Waals surface area contributed by atoms with Crippen LogP contribution in [-0.2, 0) is 0 Å². The van der Waals surface area contributed by atoms with E-state index in [1.807, 2.05) is 0 Å². The van der Waals surface area contributed by atoms with Gasteiger partial charge in [-0.25, -0.2) is 5.84 Å². The molecule has 2 aromatic rings. The number of hydrazine groups is 1. The van der Waals surface area contributed by atoms with Crippen molar-refractivity contribution in [2.24, 2.45) is 11.8 Å². The number of fused-ring (bicyclic) bond motifs is 1. The van der Waals surface area contributed by atoms with Gasteiger partial charge in [0.05, 0.1) is 11.6 Å². The Morgan fingerprint density at radius 1 is 1.32 bits per heavy atom. The summed E-state index contributed by atoms with van der Waals surface area (Å²) >= 11 is 0. The van der Waals surface area contributed by atoms with E-state index in [1.54, 1.807) is 6.20 Å². The Morgan fingerprint density at radius 3 is 2.95 bits per heavy atom. The Balaban J connectivity index is 1.70. The van der Waals surface area contributed by atoms with Gasteiger partial charge in [-0.2, -0.15) is 15.1 Å². The number of aromatic amines is 1. The van der Waals surface area contributed by atoms with Crippen LogP contribution in [0.5, 0.6) is 0 Å². The second-order valence-corrected chi connectivity index (χ2v) is 5.04. The number of nitrogens with one attached hydrogen (secondary N) is 3. The van der Waals surface area contributed by atoms with Gasteiger partial charge in [0.1, 0.15) is 5.82 Å². The zero-order chi connectivity index (χ0) is 13.1. The molecule has 0 unspecified atom stereocenters. The van der Waals surface area contributed by atoms with Crippen LogP contribution in [0.25, 0.3) is 11.0 Å². The van der Waals surface area contributed by atoms with Crippen LogP contribution in [0.2, 0.25) is 0 Å². The summed E-state index contributed by atoms with van der Waals surface area (Å²) in [5, 5.41) is 11.1. The van der Waals surface area contributed by atoms with Gasteiger partial charge in [-0.1, -0.05) is 25.7 Å². The molecule has 0 spiro atoms. The second kappa shape index (κ2) is 5.40. The molecule has 5 N–H and O–H groups in total. The van der Waals surface area contributed by atoms with Gasteiger partial charge in [-0.15, -0.1) is 0 Å². The summed E-state index contributed by atoms with van der Waals surface area (Å²) in [6.07, 6.45) is 8.41. The topological polar surface area (TPSA) is 105 Å². The fourth-order valence-electron chi connectivity index (χ4n) is 2.73. The number of nitrogens with two attached hydrogens (primary N) is 1. The molecule has 1 aliphatic carbocycles. The normalized spacial score (nSPS) is 16.1. The van der Waals surface area contributed by atoms with Crippen molar-refractivity contribution in [1.29, 1.82) is 0 Å². The van der Waals surface area contributed by atoms with Gasteiger partial charge in [0.25, 0.3) is 0 Å². The standard InChI is InChI=1S/C12H19N7/c13-18-12-16-10(9-7-15-19-11(9)17-12)14-6-5-8-3-1-2-4-8/h7-8H,1-6,13H2,(H3,14,15,16,17,18,19). The van der Waals surface area contributed by atoms with Gasteiger partial charge in [-0.05, 0) is 12.3 Å². The third-order valence-corrected chi connectivity index (χ3v) is 3.76. The largest absolute Gasteiger partial charge is 0.369 e. The van der Waals surface area contributed by atoms with E-state index in [0.29, 0.717) is 11.6 Å². The van der Waals surface area contributed by atoms with E-state index >= 15 is 0 Å². The van der Waals surface area contributed by atoms with Crippen LogP contribution in [-0.4, -0.2) is 26.7 Å². The summed E-state index contributed by atoms with van der Waals surface area (Å²) in [4.78, 5) is 8.53. The lowest BCUT2D eigenvalue weighted by Crippen LogP contribution is -2.13. The van der Waals surface area contributed by atoms with Gasteiger partial charge in [-0.3, -0.25) is 10.5 Å². The summed E-state index contributed by atoms with van der Waals surface area (Å²) < 4.78 is 0. The molecule has 7 heteroatoms. The van der Waals surface area contributed by atoms with Gasteiger partial charge in [0.2, 0.25) is 5.95 Å². The Morgan fingerprint density at radius 2 is 2.16 bits per heavy atom. The number of nitrogen functional groups attached to an aromatic ring is 1. The molecule has 0 aliphatic heterocycles. The lowest BCUT2D eigenvalue weighted by Gasteiger charge is -2.11. The smallest absolute Gasteiger partial charge is 0.241 e. The van der Waals surface area contributed by atoms with Crippen LogP contribution < -0.4 is 16.6 Å². The van der Waals surface area contributed by atoms with E-state index in [9.17, 15) is 0 Å². The predicted molar refractivity (Wildman–Crippen MR) is 74.6 cm³/mol. The van der Waals surface area contributed by atoms with Gasteiger partial charge in [0.15, 0.2) is 5.65 Å². The first-order chi connectivity index (χ1) is 9.36. The van der Waals surface area contributed by atoms with Gasteiger partial charge in [0, 0.05) is 6.54 Å². The molecule has 3 rings (SSSR count). The first-order valence-corrected chi connectivity index (χ1v) is 6.78. The van der Waals surface area contributed by atoms with Crippen LogP contribution >= 0.6 is 0 Å². The van der Waals surface area contributed by atoms with E-state index in [2.05, 4.69) is 30.9 Å². The Hall–Kier alpha value is -1.89. The summed E-state index contributed by atoms with van der Waals surface area (Å²) in [5.74, 6) is 7.40. The van der Waals surface area contributed by atoms with Crippen molar-refractivity contribution >= 4 is 22.8 Å². The zero-order valence-corrected chi connectivity index (χ0v) is 10.8. The molecule has 1 saturated carbocycles. The van der Waals surface area contributed by atoms with E-state index in [0.717, 1.165) is 23.7 Å². The van der Waals surface area contributed by atoms with Crippen LogP contribution in [0.3, 0.4) is 0 Å². The average molecular weight is 261 g/mol. The van der Waals surface area contributed by atoms with Crippen molar-refractivity contribution in [3.63, 3.8) is 0 Å². The number of hydrogen-bond acceptors (Lipinski definition) is 6. The number of H-pyrrole nitrogens is 1. The lowest BCUT2D eigenvalue weighted by molar-refractivity contribution is 0.518. The molecule has 2 heterocycles. The number of rotatable bonds is 5. The molecule has 19 heavy (non-hydrogen) atoms. The van der Waals surface area contributed by atoms with E-state index < -0.39 is 0 Å². The Bertz CT molecular complexity index is 544. The molecule has 2 aromatic heterocycles. The summed E-state index contributed by atoms with van der Waals surface area (Å²) in [6.45, 7) is 0.923. The number of anilines is 2. The first-order valence-electron chi connectivity index (χ1n) is 6.78. The highest BCUT2D eigenvalue weighted by atomic mass is 15.3. The number of nitrogens with zero attached hydrogens (tertiary/aromatic N) is 3. The maximum Gasteiger partial charge on any atom is 0.241 e. The van der Waals surface area contributed by atoms with Crippen LogP contribution in [0.15, 0.2) is 6.20 Å². The van der Waals surface area contributed by atoms with Crippen molar-refractivity contribution in [2.45, 2.75) is 32.1 Å². The van der Waals surface area contributed by atoms with Gasteiger partial charge < -0.3 is 5.32 Å². The SMILES string of the molecule is NNc1nc(NCCC2CCCC2)c2cn[nH]c2n1. The van der Waals surface area contributed by atoms with Crippen LogP contribution in [0.4, 0.5) is 11.8 Å².